The molecule has 0 aromatic heterocycles. The van der Waals surface area contributed by atoms with Crippen LogP contribution < -0.4 is 5.73 Å². The Morgan fingerprint density at radius 3 is 2.31 bits per heavy atom. The molecule has 0 radical (unpaired) electrons. The molecule has 13 heavy (non-hydrogen) atoms. The highest BCUT2D eigenvalue weighted by Gasteiger charge is 2.14. The Hall–Kier alpha value is -0.820. The number of quaternary nitrogens is 1. The van der Waals surface area contributed by atoms with Gasteiger partial charge in [0, 0.05) is 5.56 Å². The molecule has 1 heteroatoms. The second-order valence-electron chi connectivity index (χ2n) is 4.78. The molecule has 0 amide bonds. The fourth-order valence-corrected chi connectivity index (χ4v) is 1.31. The summed E-state index contributed by atoms with van der Waals surface area (Å²) in [5.74, 6) is 0. The summed E-state index contributed by atoms with van der Waals surface area (Å²) in [6.07, 6.45) is 0. The average molecular weight is 178 g/mol. The van der Waals surface area contributed by atoms with Crippen molar-refractivity contribution in [1.82, 2.24) is 0 Å². The van der Waals surface area contributed by atoms with Crippen molar-refractivity contribution in [2.45, 2.75) is 39.2 Å². The van der Waals surface area contributed by atoms with Gasteiger partial charge in [0.1, 0.15) is 6.04 Å². The third-order valence-corrected chi connectivity index (χ3v) is 2.32. The second kappa shape index (κ2) is 3.51. The molecular formula is C12H20N+. The van der Waals surface area contributed by atoms with Crippen molar-refractivity contribution in [1.29, 1.82) is 0 Å². The van der Waals surface area contributed by atoms with E-state index in [2.05, 4.69) is 57.7 Å². The summed E-state index contributed by atoms with van der Waals surface area (Å²) in [7, 11) is 0. The third kappa shape index (κ3) is 2.56. The Kier molecular flexibility index (Phi) is 2.77. The third-order valence-electron chi connectivity index (χ3n) is 2.32. The fraction of sp³-hybridized carbons (Fsp3) is 0.500. The highest BCUT2D eigenvalue weighted by atomic mass is 14.6. The van der Waals surface area contributed by atoms with Crippen molar-refractivity contribution in [3.8, 4) is 0 Å². The van der Waals surface area contributed by atoms with E-state index >= 15 is 0 Å². The summed E-state index contributed by atoms with van der Waals surface area (Å²) in [6.45, 7) is 8.83. The summed E-state index contributed by atoms with van der Waals surface area (Å²) in [6, 6.07) is 9.09. The van der Waals surface area contributed by atoms with E-state index in [0.29, 0.717) is 6.04 Å². The zero-order chi connectivity index (χ0) is 10.1. The number of rotatable bonds is 1. The van der Waals surface area contributed by atoms with E-state index in [0.717, 1.165) is 0 Å². The largest absolute Gasteiger partial charge is 0.352 e. The second-order valence-corrected chi connectivity index (χ2v) is 4.78. The molecule has 0 spiro atoms. The molecule has 1 aromatic carbocycles. The summed E-state index contributed by atoms with van der Waals surface area (Å²) >= 11 is 0. The zero-order valence-corrected chi connectivity index (χ0v) is 9.09. The fourth-order valence-electron chi connectivity index (χ4n) is 1.31. The van der Waals surface area contributed by atoms with E-state index in [1.165, 1.54) is 11.1 Å². The summed E-state index contributed by atoms with van der Waals surface area (Å²) in [4.78, 5) is 0. The molecule has 0 saturated carbocycles. The Morgan fingerprint density at radius 2 is 1.85 bits per heavy atom. The predicted molar refractivity (Wildman–Crippen MR) is 56.4 cm³/mol. The highest BCUT2D eigenvalue weighted by Crippen LogP contribution is 2.23. The normalized spacial score (nSPS) is 14.2. The van der Waals surface area contributed by atoms with Gasteiger partial charge in [-0.3, -0.25) is 0 Å². The number of benzene rings is 1. The molecule has 1 aromatic rings. The van der Waals surface area contributed by atoms with Crippen LogP contribution in [0.1, 0.15) is 44.9 Å². The number of hydrogen-bond acceptors (Lipinski definition) is 0. The predicted octanol–water partition coefficient (Wildman–Crippen LogP) is 2.29. The molecule has 0 aliphatic rings. The topological polar surface area (TPSA) is 27.6 Å². The molecule has 1 atom stereocenters. The van der Waals surface area contributed by atoms with E-state index in [-0.39, 0.29) is 5.41 Å². The molecular weight excluding hydrogens is 158 g/mol. The molecule has 1 rings (SSSR count). The van der Waals surface area contributed by atoms with Crippen LogP contribution >= 0.6 is 0 Å². The van der Waals surface area contributed by atoms with Crippen LogP contribution in [0.4, 0.5) is 0 Å². The smallest absolute Gasteiger partial charge is 0.107 e. The van der Waals surface area contributed by atoms with Gasteiger partial charge in [0.2, 0.25) is 0 Å². The van der Waals surface area contributed by atoms with Crippen LogP contribution in [0.15, 0.2) is 24.3 Å². The first-order chi connectivity index (χ1) is 5.91. The molecule has 0 unspecified atom stereocenters. The van der Waals surface area contributed by atoms with E-state index in [9.17, 15) is 0 Å². The number of hydrogen-bond donors (Lipinski definition) is 1. The SMILES string of the molecule is C[C@H]([NH3+])c1cccc(C(C)(C)C)c1. The van der Waals surface area contributed by atoms with Gasteiger partial charge in [0.05, 0.1) is 0 Å². The highest BCUT2D eigenvalue weighted by molar-refractivity contribution is 5.29. The van der Waals surface area contributed by atoms with Gasteiger partial charge in [-0.15, -0.1) is 0 Å². The van der Waals surface area contributed by atoms with Gasteiger partial charge < -0.3 is 5.73 Å². The van der Waals surface area contributed by atoms with Gasteiger partial charge in [-0.25, -0.2) is 0 Å². The molecule has 1 nitrogen and oxygen atoms in total. The van der Waals surface area contributed by atoms with E-state index in [1.54, 1.807) is 0 Å². The minimum atomic E-state index is 0.241. The summed E-state index contributed by atoms with van der Waals surface area (Å²) in [5, 5.41) is 0. The maximum Gasteiger partial charge on any atom is 0.107 e. The summed E-state index contributed by atoms with van der Waals surface area (Å²) < 4.78 is 0. The van der Waals surface area contributed by atoms with Crippen molar-refractivity contribution in [2.24, 2.45) is 0 Å². The first-order valence-electron chi connectivity index (χ1n) is 4.85. The Balaban J connectivity index is 3.06. The average Bonchev–Trinajstić information content (AvgIpc) is 2.03. The minimum Gasteiger partial charge on any atom is -0.352 e. The van der Waals surface area contributed by atoms with Crippen molar-refractivity contribution in [3.63, 3.8) is 0 Å². The lowest BCUT2D eigenvalue weighted by Crippen LogP contribution is -2.51. The first kappa shape index (κ1) is 10.3. The van der Waals surface area contributed by atoms with E-state index in [1.807, 2.05) is 0 Å². The minimum absolute atomic E-state index is 0.241. The van der Waals surface area contributed by atoms with Crippen LogP contribution in [0.5, 0.6) is 0 Å². The van der Waals surface area contributed by atoms with Crippen LogP contribution in [-0.4, -0.2) is 0 Å². The molecule has 0 fully saturated rings. The van der Waals surface area contributed by atoms with Gasteiger partial charge in [-0.1, -0.05) is 39.0 Å². The van der Waals surface area contributed by atoms with Crippen LogP contribution in [0, 0.1) is 0 Å². The molecule has 0 saturated heterocycles. The van der Waals surface area contributed by atoms with Crippen LogP contribution in [-0.2, 0) is 5.41 Å². The zero-order valence-electron chi connectivity index (χ0n) is 9.09. The van der Waals surface area contributed by atoms with Crippen molar-refractivity contribution >= 4 is 0 Å². The molecule has 0 heterocycles. The lowest BCUT2D eigenvalue weighted by Gasteiger charge is -2.19. The van der Waals surface area contributed by atoms with E-state index in [4.69, 9.17) is 0 Å². The van der Waals surface area contributed by atoms with Gasteiger partial charge in [0.25, 0.3) is 0 Å². The van der Waals surface area contributed by atoms with Gasteiger partial charge in [0.15, 0.2) is 0 Å². The molecule has 0 aliphatic carbocycles. The van der Waals surface area contributed by atoms with E-state index < -0.39 is 0 Å². The molecule has 0 bridgehead atoms. The first-order valence-corrected chi connectivity index (χ1v) is 4.85. The Bertz CT molecular complexity index is 281. The Morgan fingerprint density at radius 1 is 1.23 bits per heavy atom. The quantitative estimate of drug-likeness (QED) is 0.683. The monoisotopic (exact) mass is 178 g/mol. The van der Waals surface area contributed by atoms with Crippen LogP contribution in [0.2, 0.25) is 0 Å². The lowest BCUT2D eigenvalue weighted by atomic mass is 9.85. The Labute approximate surface area is 81.0 Å². The van der Waals surface area contributed by atoms with Crippen molar-refractivity contribution in [3.05, 3.63) is 35.4 Å². The standard InChI is InChI=1S/C12H19N/c1-9(13)10-6-5-7-11(8-10)12(2,3)4/h5-9H,13H2,1-4H3/p+1/t9-/m0/s1. The summed E-state index contributed by atoms with van der Waals surface area (Å²) in [5.41, 5.74) is 6.99. The molecule has 72 valence electrons. The van der Waals surface area contributed by atoms with Gasteiger partial charge in [-0.05, 0) is 24.0 Å². The maximum absolute atomic E-state index is 4.03. The van der Waals surface area contributed by atoms with Gasteiger partial charge >= 0.3 is 0 Å². The maximum atomic E-state index is 4.03. The van der Waals surface area contributed by atoms with Crippen LogP contribution in [0.3, 0.4) is 0 Å². The van der Waals surface area contributed by atoms with Crippen LogP contribution in [0.25, 0.3) is 0 Å². The van der Waals surface area contributed by atoms with Crippen molar-refractivity contribution in [2.75, 3.05) is 0 Å². The lowest BCUT2D eigenvalue weighted by molar-refractivity contribution is -0.420. The van der Waals surface area contributed by atoms with Crippen molar-refractivity contribution < 1.29 is 5.73 Å². The molecule has 0 aliphatic heterocycles. The van der Waals surface area contributed by atoms with Gasteiger partial charge in [-0.2, -0.15) is 0 Å². The molecule has 3 N–H and O–H groups in total.